The number of aromatic hydroxyl groups is 2. The molecule has 3 aromatic carbocycles. The molecule has 3 aromatic rings. The molecule has 0 aromatic heterocycles. The van der Waals surface area contributed by atoms with E-state index < -0.39 is 35.8 Å². The molecule has 0 bridgehead atoms. The minimum Gasteiger partial charge on any atom is -0.744 e. The number of benzene rings is 3. The van der Waals surface area contributed by atoms with Gasteiger partial charge in [0.15, 0.2) is 0 Å². The predicted molar refractivity (Wildman–Crippen MR) is 97.2 cm³/mol. The fourth-order valence-corrected chi connectivity index (χ4v) is 4.54. The Morgan fingerprint density at radius 1 is 0.800 bits per heavy atom. The Balaban J connectivity index is 0.00000225. The van der Waals surface area contributed by atoms with Crippen LogP contribution in [-0.2, 0) is 26.7 Å². The molecular formula is C18H14Na2O8S2. The van der Waals surface area contributed by atoms with Gasteiger partial charge in [0.2, 0.25) is 0 Å². The van der Waals surface area contributed by atoms with Crippen molar-refractivity contribution in [2.24, 2.45) is 0 Å². The van der Waals surface area contributed by atoms with Crippen LogP contribution in [0.4, 0.5) is 0 Å². The number of phenols is 2. The number of aryl methyl sites for hydroxylation is 1. The Labute approximate surface area is 218 Å². The van der Waals surface area contributed by atoms with E-state index in [4.69, 9.17) is 0 Å². The summed E-state index contributed by atoms with van der Waals surface area (Å²) in [5.74, 6) is -0.812. The zero-order chi connectivity index (χ0) is 20.9. The smallest absolute Gasteiger partial charge is 0.744 e. The van der Waals surface area contributed by atoms with Gasteiger partial charge in [-0.1, -0.05) is 24.3 Å². The van der Waals surface area contributed by atoms with Crippen molar-refractivity contribution in [3.8, 4) is 11.5 Å². The molecule has 148 valence electrons. The van der Waals surface area contributed by atoms with Gasteiger partial charge in [0, 0.05) is 12.0 Å². The van der Waals surface area contributed by atoms with E-state index >= 15 is 0 Å². The van der Waals surface area contributed by atoms with Crippen LogP contribution in [0.25, 0.3) is 10.8 Å². The van der Waals surface area contributed by atoms with Gasteiger partial charge in [0.25, 0.3) is 0 Å². The third-order valence-corrected chi connectivity index (χ3v) is 6.23. The topological polar surface area (TPSA) is 155 Å². The first-order valence-corrected chi connectivity index (χ1v) is 10.7. The summed E-state index contributed by atoms with van der Waals surface area (Å²) in [5.41, 5.74) is 0.271. The van der Waals surface area contributed by atoms with Crippen molar-refractivity contribution in [2.45, 2.75) is 23.1 Å². The number of hydrogen-bond donors (Lipinski definition) is 2. The Kier molecular flexibility index (Phi) is 9.00. The molecule has 0 saturated carbocycles. The summed E-state index contributed by atoms with van der Waals surface area (Å²) in [6.45, 7) is 1.36. The van der Waals surface area contributed by atoms with Gasteiger partial charge >= 0.3 is 59.1 Å². The van der Waals surface area contributed by atoms with E-state index in [-0.39, 0.29) is 98.7 Å². The van der Waals surface area contributed by atoms with Gasteiger partial charge in [-0.25, -0.2) is 16.8 Å². The van der Waals surface area contributed by atoms with Crippen LogP contribution in [0.5, 0.6) is 11.5 Å². The zero-order valence-electron chi connectivity index (χ0n) is 16.4. The van der Waals surface area contributed by atoms with Crippen LogP contribution in [0.15, 0.2) is 52.3 Å². The van der Waals surface area contributed by atoms with Crippen LogP contribution in [0.1, 0.15) is 16.7 Å². The van der Waals surface area contributed by atoms with Crippen LogP contribution in [0, 0.1) is 6.92 Å². The van der Waals surface area contributed by atoms with E-state index in [2.05, 4.69) is 0 Å². The van der Waals surface area contributed by atoms with Gasteiger partial charge in [-0.05, 0) is 47.0 Å². The average molecular weight is 468 g/mol. The number of phenolic OH excluding ortho intramolecular Hbond substituents is 2. The second-order valence-corrected chi connectivity index (χ2v) is 8.95. The minimum atomic E-state index is -4.86. The molecule has 0 saturated heterocycles. The van der Waals surface area contributed by atoms with E-state index in [1.165, 1.54) is 25.1 Å². The molecule has 0 atom stereocenters. The van der Waals surface area contributed by atoms with Gasteiger partial charge in [-0.2, -0.15) is 0 Å². The van der Waals surface area contributed by atoms with Crippen molar-refractivity contribution in [3.05, 3.63) is 59.2 Å². The molecule has 0 aliphatic rings. The summed E-state index contributed by atoms with van der Waals surface area (Å²) in [6, 6.07) is 8.91. The molecule has 30 heavy (non-hydrogen) atoms. The second kappa shape index (κ2) is 9.86. The van der Waals surface area contributed by atoms with E-state index in [1.54, 1.807) is 6.07 Å². The van der Waals surface area contributed by atoms with Crippen LogP contribution in [0.3, 0.4) is 0 Å². The fraction of sp³-hybridized carbons (Fsp3) is 0.111. The summed E-state index contributed by atoms with van der Waals surface area (Å²) < 4.78 is 68.8. The summed E-state index contributed by atoms with van der Waals surface area (Å²) in [5, 5.41) is 20.8. The Hall–Kier alpha value is -0.660. The Bertz CT molecular complexity index is 1320. The van der Waals surface area contributed by atoms with Gasteiger partial charge in [0.05, 0.1) is 9.79 Å². The molecule has 0 spiro atoms. The molecule has 0 fully saturated rings. The van der Waals surface area contributed by atoms with Crippen molar-refractivity contribution >= 4 is 31.0 Å². The van der Waals surface area contributed by atoms with Gasteiger partial charge in [-0.3, -0.25) is 0 Å². The molecule has 0 radical (unpaired) electrons. The Morgan fingerprint density at radius 2 is 1.33 bits per heavy atom. The number of hydrogen-bond acceptors (Lipinski definition) is 8. The van der Waals surface area contributed by atoms with Crippen molar-refractivity contribution in [3.63, 3.8) is 0 Å². The normalized spacial score (nSPS) is 11.6. The van der Waals surface area contributed by atoms with E-state index in [0.717, 1.165) is 18.2 Å². The molecule has 8 nitrogen and oxygen atoms in total. The first-order valence-electron chi connectivity index (χ1n) is 7.87. The third kappa shape index (κ3) is 5.57. The van der Waals surface area contributed by atoms with E-state index in [0.29, 0.717) is 0 Å². The standard InChI is InChI=1S/C18H16O8S2.2Na/c1-10-6-15(19)11(8-17(10)27(21,22)23)7-14-12-4-2-3-5-13(12)18(9-16(14)20)28(24,25)26;;/h2-6,8-9,19-20H,7H2,1H3,(H,21,22,23)(H,24,25,26);;/q;2*+1/p-2. The van der Waals surface area contributed by atoms with Crippen molar-refractivity contribution in [1.29, 1.82) is 0 Å². The molecule has 0 amide bonds. The van der Waals surface area contributed by atoms with Gasteiger partial charge in [0.1, 0.15) is 31.7 Å². The summed E-state index contributed by atoms with van der Waals surface area (Å²) in [6.07, 6.45) is -0.208. The van der Waals surface area contributed by atoms with Crippen LogP contribution in [0.2, 0.25) is 0 Å². The van der Waals surface area contributed by atoms with Crippen LogP contribution >= 0.6 is 0 Å². The molecule has 0 unspecified atom stereocenters. The summed E-state index contributed by atoms with van der Waals surface area (Å²) >= 11 is 0. The quantitative estimate of drug-likeness (QED) is 0.290. The molecule has 0 heterocycles. The summed E-state index contributed by atoms with van der Waals surface area (Å²) in [7, 11) is -9.65. The molecule has 2 N–H and O–H groups in total. The molecule has 12 heteroatoms. The predicted octanol–water partition coefficient (Wildman–Crippen LogP) is -4.03. The van der Waals surface area contributed by atoms with Crippen LogP contribution < -0.4 is 59.1 Å². The fourth-order valence-electron chi connectivity index (χ4n) is 3.10. The van der Waals surface area contributed by atoms with Crippen molar-refractivity contribution < 1.29 is 95.3 Å². The van der Waals surface area contributed by atoms with E-state index in [1.807, 2.05) is 0 Å². The maximum atomic E-state index is 11.5. The van der Waals surface area contributed by atoms with Crippen molar-refractivity contribution in [1.82, 2.24) is 0 Å². The second-order valence-electron chi connectivity index (χ2n) is 6.25. The minimum absolute atomic E-state index is 0. The van der Waals surface area contributed by atoms with Gasteiger partial charge in [-0.15, -0.1) is 0 Å². The number of rotatable bonds is 4. The first-order chi connectivity index (χ1) is 12.9. The molecule has 0 aliphatic carbocycles. The maximum absolute atomic E-state index is 11.5. The summed E-state index contributed by atoms with van der Waals surface area (Å²) in [4.78, 5) is -1.11. The average Bonchev–Trinajstić information content (AvgIpc) is 2.56. The molecule has 0 aliphatic heterocycles. The zero-order valence-corrected chi connectivity index (χ0v) is 22.0. The Morgan fingerprint density at radius 3 is 1.87 bits per heavy atom. The van der Waals surface area contributed by atoms with Crippen molar-refractivity contribution in [2.75, 3.05) is 0 Å². The van der Waals surface area contributed by atoms with Gasteiger partial charge < -0.3 is 19.3 Å². The number of fused-ring (bicyclic) bond motifs is 1. The first kappa shape index (κ1) is 27.4. The van der Waals surface area contributed by atoms with E-state index in [9.17, 15) is 36.2 Å². The van der Waals surface area contributed by atoms with Crippen LogP contribution in [-0.4, -0.2) is 36.2 Å². The largest absolute Gasteiger partial charge is 1.00 e. The third-order valence-electron chi connectivity index (χ3n) is 4.38. The monoisotopic (exact) mass is 468 g/mol. The molecular weight excluding hydrogens is 454 g/mol. The SMILES string of the molecule is Cc1cc(O)c(Cc2c(O)cc(S(=O)(=O)[O-])c3ccccc23)cc1S(=O)(=O)[O-].[Na+].[Na+]. The maximum Gasteiger partial charge on any atom is 1.00 e. The molecule has 3 rings (SSSR count).